The zero-order valence-electron chi connectivity index (χ0n) is 33.2. The van der Waals surface area contributed by atoms with Gasteiger partial charge in [-0.1, -0.05) is 187 Å². The molecule has 56 heavy (non-hydrogen) atoms. The van der Waals surface area contributed by atoms with Gasteiger partial charge in [0.2, 0.25) is 11.8 Å². The maximum atomic E-state index is 13.3. The molecule has 0 aromatic heterocycles. The fraction of sp³-hybridized carbons (Fsp3) is 0.320. The predicted octanol–water partition coefficient (Wildman–Crippen LogP) is 9.51. The van der Waals surface area contributed by atoms with Crippen molar-refractivity contribution in [3.05, 3.63) is 190 Å². The highest BCUT2D eigenvalue weighted by Gasteiger charge is 2.50. The van der Waals surface area contributed by atoms with Crippen LogP contribution in [0.3, 0.4) is 0 Å². The molecule has 2 aliphatic heterocycles. The molecule has 6 nitrogen and oxygen atoms in total. The number of allylic oxidation sites excluding steroid dienone is 2. The van der Waals surface area contributed by atoms with Crippen LogP contribution in [0.4, 0.5) is 0 Å². The fourth-order valence-corrected chi connectivity index (χ4v) is 8.48. The van der Waals surface area contributed by atoms with Crippen molar-refractivity contribution in [1.82, 2.24) is 0 Å². The largest absolute Gasteiger partial charge is 0.475 e. The lowest BCUT2D eigenvalue weighted by Gasteiger charge is -2.34. The first-order valence-electron chi connectivity index (χ1n) is 19.8. The van der Waals surface area contributed by atoms with Crippen LogP contribution >= 0.6 is 0 Å². The smallest absolute Gasteiger partial charge is 0.213 e. The van der Waals surface area contributed by atoms with Gasteiger partial charge in [0.1, 0.15) is 24.4 Å². The molecule has 2 N–H and O–H groups in total. The van der Waals surface area contributed by atoms with E-state index in [1.165, 1.54) is 0 Å². The van der Waals surface area contributed by atoms with Gasteiger partial charge < -0.3 is 19.7 Å². The van der Waals surface area contributed by atoms with Crippen molar-refractivity contribution in [2.24, 2.45) is 32.7 Å². The number of hydrogen-bond acceptors (Lipinski definition) is 6. The van der Waals surface area contributed by atoms with Gasteiger partial charge in [0, 0.05) is 34.1 Å². The van der Waals surface area contributed by atoms with Gasteiger partial charge in [-0.15, -0.1) is 0 Å². The minimum absolute atomic E-state index is 0.0740. The SMILES string of the molecule is CC(C)(C)[C@H]1COC(C2=C(C(O)(c3ccccc3)c3ccccc3)C=CC2C2C=CC(C(O)(c3ccccc3)c3ccccc3)=C2C2=N[C@@H](C(C)(C)C)CO2)=N1. The average molecular weight is 745 g/mol. The molecule has 2 aliphatic carbocycles. The molecule has 0 fully saturated rings. The maximum Gasteiger partial charge on any atom is 0.213 e. The second-order valence-electron chi connectivity index (χ2n) is 17.6. The summed E-state index contributed by atoms with van der Waals surface area (Å²) >= 11 is 0. The molecule has 0 amide bonds. The topological polar surface area (TPSA) is 83.6 Å². The molecule has 0 bridgehead atoms. The monoisotopic (exact) mass is 744 g/mol. The Morgan fingerprint density at radius 3 is 1.00 bits per heavy atom. The highest BCUT2D eigenvalue weighted by Crippen LogP contribution is 2.52. The number of hydrogen-bond donors (Lipinski definition) is 2. The van der Waals surface area contributed by atoms with Crippen LogP contribution in [0.1, 0.15) is 63.8 Å². The Bertz CT molecular complexity index is 2010. The van der Waals surface area contributed by atoms with Gasteiger partial charge in [0.05, 0.1) is 12.1 Å². The van der Waals surface area contributed by atoms with Crippen LogP contribution in [-0.4, -0.2) is 47.3 Å². The van der Waals surface area contributed by atoms with E-state index in [0.29, 0.717) is 36.2 Å². The van der Waals surface area contributed by atoms with Crippen molar-refractivity contribution >= 4 is 11.8 Å². The molecular formula is C50H52N2O4. The molecule has 286 valence electrons. The van der Waals surface area contributed by atoms with Crippen molar-refractivity contribution in [2.75, 3.05) is 13.2 Å². The summed E-state index contributed by atoms with van der Waals surface area (Å²) in [6.45, 7) is 14.0. The van der Waals surface area contributed by atoms with Gasteiger partial charge in [-0.25, -0.2) is 9.98 Å². The highest BCUT2D eigenvalue weighted by atomic mass is 16.5. The molecule has 8 rings (SSSR count). The highest BCUT2D eigenvalue weighted by molar-refractivity contribution is 6.01. The lowest BCUT2D eigenvalue weighted by Crippen LogP contribution is -2.33. The Morgan fingerprint density at radius 2 is 0.750 bits per heavy atom. The van der Waals surface area contributed by atoms with Crippen molar-refractivity contribution in [2.45, 2.75) is 64.8 Å². The van der Waals surface area contributed by atoms with Crippen LogP contribution in [0.5, 0.6) is 0 Å². The molecule has 0 radical (unpaired) electrons. The Hall–Kier alpha value is -5.30. The second kappa shape index (κ2) is 14.3. The summed E-state index contributed by atoms with van der Waals surface area (Å²) in [4.78, 5) is 10.6. The van der Waals surface area contributed by atoms with E-state index in [9.17, 15) is 10.2 Å². The van der Waals surface area contributed by atoms with E-state index in [1.807, 2.05) is 121 Å². The zero-order valence-corrected chi connectivity index (χ0v) is 33.2. The summed E-state index contributed by atoms with van der Waals surface area (Å²) in [5, 5.41) is 26.6. The second-order valence-corrected chi connectivity index (χ2v) is 17.6. The quantitative estimate of drug-likeness (QED) is 0.179. The van der Waals surface area contributed by atoms with Crippen LogP contribution < -0.4 is 0 Å². The van der Waals surface area contributed by atoms with E-state index in [2.05, 4.69) is 65.8 Å². The summed E-state index contributed by atoms with van der Waals surface area (Å²) in [5.74, 6) is 0.371. The van der Waals surface area contributed by atoms with Crippen molar-refractivity contribution in [1.29, 1.82) is 0 Å². The van der Waals surface area contributed by atoms with Crippen LogP contribution in [0.2, 0.25) is 0 Å². The third-order valence-electron chi connectivity index (χ3n) is 11.9. The summed E-state index contributed by atoms with van der Waals surface area (Å²) in [6, 6.07) is 39.2. The number of ether oxygens (including phenoxy) is 2. The molecule has 4 aromatic carbocycles. The summed E-state index contributed by atoms with van der Waals surface area (Å²) in [7, 11) is 0. The number of rotatable bonds is 9. The van der Waals surface area contributed by atoms with E-state index in [0.717, 1.165) is 33.4 Å². The molecule has 2 heterocycles. The normalized spacial score (nSPS) is 22.7. The van der Waals surface area contributed by atoms with Crippen molar-refractivity contribution < 1.29 is 19.7 Å². The lowest BCUT2D eigenvalue weighted by atomic mass is 9.74. The van der Waals surface area contributed by atoms with E-state index in [4.69, 9.17) is 19.5 Å². The van der Waals surface area contributed by atoms with E-state index >= 15 is 0 Å². The van der Waals surface area contributed by atoms with Crippen molar-refractivity contribution in [3.8, 4) is 0 Å². The van der Waals surface area contributed by atoms with Crippen molar-refractivity contribution in [3.63, 3.8) is 0 Å². The van der Waals surface area contributed by atoms with Gasteiger partial charge in [-0.05, 0) is 33.1 Å². The van der Waals surface area contributed by atoms with E-state index in [1.54, 1.807) is 0 Å². The molecule has 4 aliphatic rings. The third kappa shape index (κ3) is 6.49. The molecule has 0 saturated carbocycles. The molecule has 2 unspecified atom stereocenters. The van der Waals surface area contributed by atoms with E-state index < -0.39 is 11.2 Å². The summed E-state index contributed by atoms with van der Waals surface area (Å²) < 4.78 is 13.2. The molecule has 0 spiro atoms. The Labute approximate surface area is 331 Å². The van der Waals surface area contributed by atoms with Crippen LogP contribution in [0.15, 0.2) is 178 Å². The van der Waals surface area contributed by atoms with Gasteiger partial charge in [0.25, 0.3) is 0 Å². The Balaban J connectivity index is 1.38. The van der Waals surface area contributed by atoms with Crippen LogP contribution in [0, 0.1) is 22.7 Å². The predicted molar refractivity (Wildman–Crippen MR) is 224 cm³/mol. The van der Waals surface area contributed by atoms with Gasteiger partial charge in [-0.2, -0.15) is 0 Å². The lowest BCUT2D eigenvalue weighted by molar-refractivity contribution is 0.123. The first-order chi connectivity index (χ1) is 26.8. The fourth-order valence-electron chi connectivity index (χ4n) is 8.48. The van der Waals surface area contributed by atoms with Gasteiger partial charge >= 0.3 is 0 Å². The minimum Gasteiger partial charge on any atom is -0.475 e. The van der Waals surface area contributed by atoms with E-state index in [-0.39, 0.29) is 34.7 Å². The molecular weight excluding hydrogens is 693 g/mol. The number of aliphatic imine (C=N–C) groups is 2. The molecule has 0 saturated heterocycles. The first kappa shape index (κ1) is 37.6. The minimum atomic E-state index is -1.53. The zero-order chi connectivity index (χ0) is 39.3. The Kier molecular flexibility index (Phi) is 9.62. The number of benzene rings is 4. The first-order valence-corrected chi connectivity index (χ1v) is 19.8. The Morgan fingerprint density at radius 1 is 0.464 bits per heavy atom. The average Bonchev–Trinajstić information content (AvgIpc) is 4.04. The maximum absolute atomic E-state index is 13.3. The molecule has 6 heteroatoms. The molecule has 4 aromatic rings. The van der Waals surface area contributed by atoms with Gasteiger partial charge in [0.15, 0.2) is 0 Å². The number of aliphatic hydroxyl groups is 2. The van der Waals surface area contributed by atoms with Crippen LogP contribution in [-0.2, 0) is 20.7 Å². The number of nitrogens with zero attached hydrogens (tertiary/aromatic N) is 2. The summed E-state index contributed by atoms with van der Waals surface area (Å²) in [6.07, 6.45) is 8.43. The standard InChI is InChI=1S/C50H52N2O4/c1-47(2,3)41-31-55-45(51-41)43-37(27-29-39(43)49(53,33-19-11-7-12-20-33)34-21-13-8-14-22-34)38-28-30-40(44(38)46-52-42(32-56-46)48(4,5)6)50(54,35-23-15-9-16-24-35)36-25-17-10-18-26-36/h7-30,37-38,41-42,53-54H,31-32H2,1-6H3/t37?,38?,41-,42-/m1/s1. The summed E-state index contributed by atoms with van der Waals surface area (Å²) in [5.41, 5.74) is 2.68. The third-order valence-corrected chi connectivity index (χ3v) is 11.9. The van der Waals surface area contributed by atoms with Gasteiger partial charge in [-0.3, -0.25) is 0 Å². The molecule has 4 atom stereocenters. The van der Waals surface area contributed by atoms with Crippen LogP contribution in [0.25, 0.3) is 0 Å².